The van der Waals surface area contributed by atoms with Gasteiger partial charge in [0, 0.05) is 5.56 Å². The first-order valence-corrected chi connectivity index (χ1v) is 11.4. The fraction of sp³-hybridized carbons (Fsp3) is 0.208. The van der Waals surface area contributed by atoms with Gasteiger partial charge in [0.1, 0.15) is 11.5 Å². The number of nitrogens with one attached hydrogen (secondary N) is 2. The van der Waals surface area contributed by atoms with Crippen LogP contribution in [0.3, 0.4) is 0 Å². The largest absolute Gasteiger partial charge is 0.497 e. The van der Waals surface area contributed by atoms with Crippen LogP contribution in [0.4, 0.5) is 5.69 Å². The number of sulfonamides is 1. The van der Waals surface area contributed by atoms with Crippen molar-refractivity contribution >= 4 is 21.6 Å². The monoisotopic (exact) mass is 454 g/mol. The Kier molecular flexibility index (Phi) is 7.05. The zero-order valence-electron chi connectivity index (χ0n) is 18.4. The first-order chi connectivity index (χ1) is 15.2. The van der Waals surface area contributed by atoms with Gasteiger partial charge in [-0.25, -0.2) is 8.42 Å². The van der Waals surface area contributed by atoms with E-state index >= 15 is 0 Å². The van der Waals surface area contributed by atoms with Gasteiger partial charge in [0.2, 0.25) is 0 Å². The smallest absolute Gasteiger partial charge is 0.261 e. The fourth-order valence-electron chi connectivity index (χ4n) is 3.22. The molecule has 1 amide bonds. The molecule has 32 heavy (non-hydrogen) atoms. The van der Waals surface area contributed by atoms with Crippen molar-refractivity contribution in [2.45, 2.75) is 24.8 Å². The lowest BCUT2D eigenvalue weighted by Crippen LogP contribution is -2.28. The Morgan fingerprint density at radius 3 is 2.28 bits per heavy atom. The molecule has 7 nitrogen and oxygen atoms in total. The van der Waals surface area contributed by atoms with Crippen molar-refractivity contribution < 1.29 is 22.7 Å². The van der Waals surface area contributed by atoms with Crippen LogP contribution in [0.25, 0.3) is 0 Å². The van der Waals surface area contributed by atoms with E-state index in [9.17, 15) is 13.2 Å². The number of methoxy groups -OCH3 is 2. The minimum absolute atomic E-state index is 0.118. The van der Waals surface area contributed by atoms with Gasteiger partial charge in [-0.2, -0.15) is 0 Å². The Morgan fingerprint density at radius 1 is 0.938 bits per heavy atom. The number of carbonyl (C=O) groups is 1. The maximum Gasteiger partial charge on any atom is 0.261 e. The molecule has 3 aromatic rings. The molecule has 0 radical (unpaired) electrons. The number of anilines is 1. The van der Waals surface area contributed by atoms with E-state index < -0.39 is 22.0 Å². The molecule has 0 aliphatic heterocycles. The predicted octanol–water partition coefficient (Wildman–Crippen LogP) is 4.30. The van der Waals surface area contributed by atoms with Crippen molar-refractivity contribution in [1.82, 2.24) is 5.32 Å². The Morgan fingerprint density at radius 2 is 1.62 bits per heavy atom. The van der Waals surface area contributed by atoms with Gasteiger partial charge in [-0.15, -0.1) is 0 Å². The molecule has 3 aromatic carbocycles. The van der Waals surface area contributed by atoms with E-state index in [-0.39, 0.29) is 16.1 Å². The van der Waals surface area contributed by atoms with Crippen LogP contribution in [0.2, 0.25) is 0 Å². The second kappa shape index (κ2) is 9.74. The average Bonchev–Trinajstić information content (AvgIpc) is 2.78. The van der Waals surface area contributed by atoms with Gasteiger partial charge >= 0.3 is 0 Å². The summed E-state index contributed by atoms with van der Waals surface area (Å²) in [6.45, 7) is 3.69. The highest BCUT2D eigenvalue weighted by Gasteiger charge is 2.21. The number of hydrogen-bond donors (Lipinski definition) is 2. The summed E-state index contributed by atoms with van der Waals surface area (Å²) < 4.78 is 38.8. The lowest BCUT2D eigenvalue weighted by molar-refractivity contribution is 0.0940. The number of carbonyl (C=O) groups excluding carboxylic acids is 1. The van der Waals surface area contributed by atoms with Gasteiger partial charge in [-0.3, -0.25) is 9.52 Å². The molecule has 0 spiro atoms. The van der Waals surface area contributed by atoms with Gasteiger partial charge in [-0.1, -0.05) is 29.8 Å². The normalized spacial score (nSPS) is 12.0. The number of amides is 1. The molecule has 0 unspecified atom stereocenters. The third kappa shape index (κ3) is 5.20. The number of ether oxygens (including phenoxy) is 2. The van der Waals surface area contributed by atoms with Crippen molar-refractivity contribution in [1.29, 1.82) is 0 Å². The van der Waals surface area contributed by atoms with E-state index in [2.05, 4.69) is 10.0 Å². The summed E-state index contributed by atoms with van der Waals surface area (Å²) >= 11 is 0. The van der Waals surface area contributed by atoms with Gasteiger partial charge < -0.3 is 14.8 Å². The van der Waals surface area contributed by atoms with E-state index in [0.29, 0.717) is 11.5 Å². The van der Waals surface area contributed by atoms with Gasteiger partial charge in [0.15, 0.2) is 0 Å². The first-order valence-electron chi connectivity index (χ1n) is 9.96. The number of hydrogen-bond acceptors (Lipinski definition) is 5. The molecule has 168 valence electrons. The Hall–Kier alpha value is -3.52. The van der Waals surface area contributed by atoms with Gasteiger partial charge in [-0.05, 0) is 56.3 Å². The molecule has 3 rings (SSSR count). The molecule has 0 fully saturated rings. The highest BCUT2D eigenvalue weighted by molar-refractivity contribution is 7.92. The topological polar surface area (TPSA) is 93.7 Å². The second-order valence-electron chi connectivity index (χ2n) is 7.27. The number of para-hydroxylation sites is 1. The SMILES string of the molecule is COc1ccc(OC)c([C@@H](C)NC(=O)c2ccccc2NS(=O)(=O)c2ccc(C)cc2)c1. The second-order valence-corrected chi connectivity index (χ2v) is 8.95. The summed E-state index contributed by atoms with van der Waals surface area (Å²) in [5, 5.41) is 2.90. The van der Waals surface area contributed by atoms with Crippen LogP contribution in [-0.2, 0) is 10.0 Å². The van der Waals surface area contributed by atoms with Crippen LogP contribution in [0.15, 0.2) is 71.6 Å². The number of aryl methyl sites for hydroxylation is 1. The summed E-state index contributed by atoms with van der Waals surface area (Å²) in [7, 11) is -0.742. The van der Waals surface area contributed by atoms with E-state index in [4.69, 9.17) is 9.47 Å². The Labute approximate surface area is 188 Å². The highest BCUT2D eigenvalue weighted by Crippen LogP contribution is 2.30. The van der Waals surface area contributed by atoms with E-state index in [1.807, 2.05) is 13.8 Å². The molecule has 2 N–H and O–H groups in total. The van der Waals surface area contributed by atoms with E-state index in [1.165, 1.54) is 12.1 Å². The molecule has 1 atom stereocenters. The van der Waals surface area contributed by atoms with Gasteiger partial charge in [0.25, 0.3) is 15.9 Å². The zero-order chi connectivity index (χ0) is 23.3. The average molecular weight is 455 g/mol. The molecule has 0 aromatic heterocycles. The van der Waals surface area contributed by atoms with Crippen molar-refractivity contribution in [2.75, 3.05) is 18.9 Å². The van der Waals surface area contributed by atoms with Crippen molar-refractivity contribution in [2.24, 2.45) is 0 Å². The summed E-state index contributed by atoms with van der Waals surface area (Å²) in [4.78, 5) is 13.2. The minimum Gasteiger partial charge on any atom is -0.497 e. The standard InChI is InChI=1S/C24H26N2O5S/c1-16-9-12-19(13-10-16)32(28,29)26-22-8-6-5-7-20(22)24(27)25-17(2)21-15-18(30-3)11-14-23(21)31-4/h5-15,17,26H,1-4H3,(H,25,27)/t17-/m1/s1. The van der Waals surface area contributed by atoms with Crippen molar-refractivity contribution in [3.8, 4) is 11.5 Å². The zero-order valence-corrected chi connectivity index (χ0v) is 19.2. The first kappa shape index (κ1) is 23.1. The molecule has 0 bridgehead atoms. The minimum atomic E-state index is -3.85. The van der Waals surface area contributed by atoms with E-state index in [0.717, 1.165) is 11.1 Å². The van der Waals surface area contributed by atoms with Crippen molar-refractivity contribution in [3.05, 3.63) is 83.4 Å². The predicted molar refractivity (Wildman–Crippen MR) is 124 cm³/mol. The van der Waals surface area contributed by atoms with Gasteiger partial charge in [0.05, 0.1) is 36.4 Å². The molecule has 0 saturated heterocycles. The molecule has 0 aliphatic carbocycles. The molecular weight excluding hydrogens is 428 g/mol. The lowest BCUT2D eigenvalue weighted by atomic mass is 10.1. The highest BCUT2D eigenvalue weighted by atomic mass is 32.2. The van der Waals surface area contributed by atoms with Crippen LogP contribution < -0.4 is 19.5 Å². The maximum absolute atomic E-state index is 13.1. The molecule has 0 heterocycles. The third-order valence-electron chi connectivity index (χ3n) is 5.00. The molecule has 0 saturated carbocycles. The summed E-state index contributed by atoms with van der Waals surface area (Å²) in [5.74, 6) is 0.810. The van der Waals surface area contributed by atoms with Crippen LogP contribution in [0, 0.1) is 6.92 Å². The van der Waals surface area contributed by atoms with Crippen LogP contribution in [0.1, 0.15) is 34.5 Å². The number of rotatable bonds is 8. The summed E-state index contributed by atoms with van der Waals surface area (Å²) in [5.41, 5.74) is 2.08. The summed E-state index contributed by atoms with van der Waals surface area (Å²) in [6.07, 6.45) is 0. The van der Waals surface area contributed by atoms with Crippen LogP contribution in [0.5, 0.6) is 11.5 Å². The molecule has 0 aliphatic rings. The third-order valence-corrected chi connectivity index (χ3v) is 6.38. The maximum atomic E-state index is 13.1. The number of benzene rings is 3. The van der Waals surface area contributed by atoms with E-state index in [1.54, 1.807) is 68.8 Å². The molecule has 8 heteroatoms. The van der Waals surface area contributed by atoms with Crippen molar-refractivity contribution in [3.63, 3.8) is 0 Å². The lowest BCUT2D eigenvalue weighted by Gasteiger charge is -2.19. The molecular formula is C24H26N2O5S. The summed E-state index contributed by atoms with van der Waals surface area (Å²) in [6, 6.07) is 17.8. The fourth-order valence-corrected chi connectivity index (χ4v) is 4.30. The quantitative estimate of drug-likeness (QED) is 0.529. The Balaban J connectivity index is 1.85. The van der Waals surface area contributed by atoms with Crippen LogP contribution >= 0.6 is 0 Å². The Bertz CT molecular complexity index is 1210. The van der Waals surface area contributed by atoms with Crippen LogP contribution in [-0.4, -0.2) is 28.5 Å².